The summed E-state index contributed by atoms with van der Waals surface area (Å²) in [6, 6.07) is 24.2. The second-order valence-electron chi connectivity index (χ2n) is 6.05. The van der Waals surface area contributed by atoms with Gasteiger partial charge in [0.05, 0.1) is 10.7 Å². The Morgan fingerprint density at radius 3 is 1.96 bits per heavy atom. The van der Waals surface area contributed by atoms with Crippen molar-refractivity contribution in [3.05, 3.63) is 88.3 Å². The van der Waals surface area contributed by atoms with E-state index in [9.17, 15) is 4.39 Å². The molecule has 4 heteroatoms. The number of halogens is 2. The number of rotatable bonds is 4. The number of hydrogen-bond acceptors (Lipinski definition) is 2. The molecule has 4 aromatic rings. The van der Waals surface area contributed by atoms with Crippen LogP contribution in [0, 0.1) is 9.39 Å². The van der Waals surface area contributed by atoms with E-state index in [1.807, 2.05) is 54.6 Å². The van der Waals surface area contributed by atoms with Gasteiger partial charge >= 0.3 is 0 Å². The predicted octanol–water partition coefficient (Wildman–Crippen LogP) is 7.03. The molecule has 2 nitrogen and oxygen atoms in total. The summed E-state index contributed by atoms with van der Waals surface area (Å²) in [6.07, 6.45) is 0. The smallest absolute Gasteiger partial charge is 0.148 e. The molecule has 1 heterocycles. The fourth-order valence-electron chi connectivity index (χ4n) is 3.01. The maximum absolute atomic E-state index is 13.4. The lowest BCUT2D eigenvalue weighted by Crippen LogP contribution is -1.85. The van der Waals surface area contributed by atoms with Gasteiger partial charge in [0.1, 0.15) is 23.1 Å². The standard InChI is InChI=1S/C23H16FIO2/c1-26-19-13-9-17(10-14-19)22-20(15-7-11-18(24)12-8-15)21(25)23(27-22)16-5-3-2-4-6-16/h2-14H,1H3. The number of methoxy groups -OCH3 is 1. The van der Waals surface area contributed by atoms with Crippen LogP contribution in [0.4, 0.5) is 4.39 Å². The zero-order valence-corrected chi connectivity index (χ0v) is 16.7. The number of ether oxygens (including phenoxy) is 1. The van der Waals surface area contributed by atoms with E-state index in [1.54, 1.807) is 19.2 Å². The van der Waals surface area contributed by atoms with Gasteiger partial charge < -0.3 is 9.15 Å². The minimum Gasteiger partial charge on any atom is -0.497 e. The van der Waals surface area contributed by atoms with Crippen LogP contribution >= 0.6 is 22.6 Å². The minimum atomic E-state index is -0.258. The first-order valence-electron chi connectivity index (χ1n) is 8.45. The van der Waals surface area contributed by atoms with Crippen molar-refractivity contribution in [1.29, 1.82) is 0 Å². The van der Waals surface area contributed by atoms with Gasteiger partial charge in [-0.3, -0.25) is 0 Å². The lowest BCUT2D eigenvalue weighted by molar-refractivity contribution is 0.415. The summed E-state index contributed by atoms with van der Waals surface area (Å²) < 4.78 is 26.0. The van der Waals surface area contributed by atoms with Crippen LogP contribution in [-0.2, 0) is 0 Å². The summed E-state index contributed by atoms with van der Waals surface area (Å²) in [4.78, 5) is 0. The van der Waals surface area contributed by atoms with Crippen molar-refractivity contribution in [3.63, 3.8) is 0 Å². The molecule has 0 saturated heterocycles. The molecule has 0 unspecified atom stereocenters. The first-order valence-corrected chi connectivity index (χ1v) is 9.53. The monoisotopic (exact) mass is 470 g/mol. The minimum absolute atomic E-state index is 0.258. The molecule has 0 N–H and O–H groups in total. The van der Waals surface area contributed by atoms with Crippen molar-refractivity contribution in [1.82, 2.24) is 0 Å². The van der Waals surface area contributed by atoms with Gasteiger partial charge in [0.2, 0.25) is 0 Å². The molecule has 0 atom stereocenters. The van der Waals surface area contributed by atoms with Gasteiger partial charge in [-0.1, -0.05) is 42.5 Å². The summed E-state index contributed by atoms with van der Waals surface area (Å²) >= 11 is 2.31. The van der Waals surface area contributed by atoms with Crippen LogP contribution < -0.4 is 4.74 Å². The van der Waals surface area contributed by atoms with E-state index in [1.165, 1.54) is 12.1 Å². The van der Waals surface area contributed by atoms with Crippen molar-refractivity contribution in [2.75, 3.05) is 7.11 Å². The molecule has 0 aliphatic heterocycles. The van der Waals surface area contributed by atoms with Gasteiger partial charge in [-0.15, -0.1) is 0 Å². The lowest BCUT2D eigenvalue weighted by atomic mass is 10.0. The molecule has 0 bridgehead atoms. The van der Waals surface area contributed by atoms with Gasteiger partial charge in [0.15, 0.2) is 0 Å². The first kappa shape index (κ1) is 17.8. The highest BCUT2D eigenvalue weighted by molar-refractivity contribution is 14.1. The Hall–Kier alpha value is -2.60. The van der Waals surface area contributed by atoms with E-state index in [-0.39, 0.29) is 5.82 Å². The van der Waals surface area contributed by atoms with E-state index < -0.39 is 0 Å². The van der Waals surface area contributed by atoms with Crippen LogP contribution in [-0.4, -0.2) is 7.11 Å². The highest BCUT2D eigenvalue weighted by Crippen LogP contribution is 2.44. The topological polar surface area (TPSA) is 22.4 Å². The molecule has 27 heavy (non-hydrogen) atoms. The largest absolute Gasteiger partial charge is 0.497 e. The Labute approximate surface area is 170 Å². The Bertz CT molecular complexity index is 1050. The molecular formula is C23H16FIO2. The van der Waals surface area contributed by atoms with E-state index in [0.717, 1.165) is 43.1 Å². The third kappa shape index (κ3) is 3.49. The number of hydrogen-bond donors (Lipinski definition) is 0. The summed E-state index contributed by atoms with van der Waals surface area (Å²) in [5.74, 6) is 2.09. The van der Waals surface area contributed by atoms with E-state index in [2.05, 4.69) is 22.6 Å². The molecule has 4 rings (SSSR count). The highest BCUT2D eigenvalue weighted by Gasteiger charge is 2.22. The van der Waals surface area contributed by atoms with E-state index in [4.69, 9.17) is 9.15 Å². The zero-order valence-electron chi connectivity index (χ0n) is 14.6. The molecule has 0 amide bonds. The SMILES string of the molecule is COc1ccc(-c2oc(-c3ccccc3)c(I)c2-c2ccc(F)cc2)cc1. The van der Waals surface area contributed by atoms with Crippen LogP contribution in [0.1, 0.15) is 0 Å². The van der Waals surface area contributed by atoms with Crippen molar-refractivity contribution < 1.29 is 13.5 Å². The third-order valence-electron chi connectivity index (χ3n) is 4.37. The fourth-order valence-corrected chi connectivity index (χ4v) is 3.98. The lowest BCUT2D eigenvalue weighted by Gasteiger charge is -2.05. The predicted molar refractivity (Wildman–Crippen MR) is 114 cm³/mol. The third-order valence-corrected chi connectivity index (χ3v) is 5.40. The van der Waals surface area contributed by atoms with Gasteiger partial charge in [-0.25, -0.2) is 4.39 Å². The first-order chi connectivity index (χ1) is 13.2. The fraction of sp³-hybridized carbons (Fsp3) is 0.0435. The van der Waals surface area contributed by atoms with Crippen LogP contribution in [0.3, 0.4) is 0 Å². The van der Waals surface area contributed by atoms with Crippen LogP contribution in [0.25, 0.3) is 33.8 Å². The van der Waals surface area contributed by atoms with Crippen LogP contribution in [0.2, 0.25) is 0 Å². The van der Waals surface area contributed by atoms with E-state index in [0.29, 0.717) is 0 Å². The zero-order chi connectivity index (χ0) is 18.8. The summed E-state index contributed by atoms with van der Waals surface area (Å²) in [5, 5.41) is 0. The van der Waals surface area contributed by atoms with E-state index >= 15 is 0 Å². The molecule has 0 fully saturated rings. The summed E-state index contributed by atoms with van der Waals surface area (Å²) in [7, 11) is 1.64. The highest BCUT2D eigenvalue weighted by atomic mass is 127. The molecule has 134 valence electrons. The Balaban J connectivity index is 1.93. The number of benzene rings is 3. The molecule has 0 aliphatic carbocycles. The Morgan fingerprint density at radius 2 is 1.33 bits per heavy atom. The summed E-state index contributed by atoms with van der Waals surface area (Å²) in [5.41, 5.74) is 3.82. The van der Waals surface area contributed by atoms with Crippen molar-refractivity contribution in [2.24, 2.45) is 0 Å². The molecule has 0 saturated carbocycles. The van der Waals surface area contributed by atoms with Gasteiger partial charge in [0, 0.05) is 16.7 Å². The molecule has 0 aliphatic rings. The summed E-state index contributed by atoms with van der Waals surface area (Å²) in [6.45, 7) is 0. The quantitative estimate of drug-likeness (QED) is 0.299. The van der Waals surface area contributed by atoms with Crippen molar-refractivity contribution in [3.8, 4) is 39.5 Å². The Morgan fingerprint density at radius 1 is 0.741 bits per heavy atom. The second kappa shape index (κ2) is 7.56. The molecular weight excluding hydrogens is 454 g/mol. The normalized spacial score (nSPS) is 10.8. The van der Waals surface area contributed by atoms with Gasteiger partial charge in [-0.05, 0) is 64.6 Å². The van der Waals surface area contributed by atoms with Gasteiger partial charge in [0.25, 0.3) is 0 Å². The van der Waals surface area contributed by atoms with Crippen LogP contribution in [0.5, 0.6) is 5.75 Å². The maximum Gasteiger partial charge on any atom is 0.148 e. The Kier molecular flexibility index (Phi) is 4.99. The average molecular weight is 470 g/mol. The molecule has 0 radical (unpaired) electrons. The number of furan rings is 1. The van der Waals surface area contributed by atoms with Crippen molar-refractivity contribution in [2.45, 2.75) is 0 Å². The van der Waals surface area contributed by atoms with Crippen LogP contribution in [0.15, 0.2) is 83.3 Å². The second-order valence-corrected chi connectivity index (χ2v) is 7.13. The molecule has 1 aromatic heterocycles. The molecule has 3 aromatic carbocycles. The maximum atomic E-state index is 13.4. The van der Waals surface area contributed by atoms with Gasteiger partial charge in [-0.2, -0.15) is 0 Å². The average Bonchev–Trinajstić information content (AvgIpc) is 3.06. The van der Waals surface area contributed by atoms with Crippen molar-refractivity contribution >= 4 is 22.6 Å². The molecule has 0 spiro atoms.